The minimum absolute atomic E-state index is 0.0201. The molecule has 1 fully saturated rings. The second kappa shape index (κ2) is 6.41. The van der Waals surface area contributed by atoms with Gasteiger partial charge in [-0.2, -0.15) is 0 Å². The number of nitrogens with one attached hydrogen (secondary N) is 2. The van der Waals surface area contributed by atoms with Crippen LogP contribution in [0, 0.1) is 12.7 Å². The first-order valence-electron chi connectivity index (χ1n) is 7.91. The Hall–Kier alpha value is -2.36. The Morgan fingerprint density at radius 1 is 1.09 bits per heavy atom. The Kier molecular flexibility index (Phi) is 4.33. The first kappa shape index (κ1) is 15.5. The number of rotatable bonds is 5. The van der Waals surface area contributed by atoms with E-state index in [9.17, 15) is 9.18 Å². The fraction of sp³-hybridized carbons (Fsp3) is 0.316. The molecule has 2 N–H and O–H groups in total. The predicted molar refractivity (Wildman–Crippen MR) is 88.7 cm³/mol. The number of halogens is 1. The summed E-state index contributed by atoms with van der Waals surface area (Å²) in [6, 6.07) is 14.4. The molecule has 4 heteroatoms. The van der Waals surface area contributed by atoms with Gasteiger partial charge in [0.25, 0.3) is 0 Å². The highest BCUT2D eigenvalue weighted by Crippen LogP contribution is 2.47. The van der Waals surface area contributed by atoms with Crippen LogP contribution in [0.15, 0.2) is 48.5 Å². The van der Waals surface area contributed by atoms with Crippen LogP contribution in [0.4, 0.5) is 9.18 Å². The summed E-state index contributed by atoms with van der Waals surface area (Å²) in [5, 5.41) is 5.84. The van der Waals surface area contributed by atoms with Gasteiger partial charge in [-0.25, -0.2) is 9.18 Å². The summed E-state index contributed by atoms with van der Waals surface area (Å²) in [5.41, 5.74) is 3.35. The minimum Gasteiger partial charge on any atom is -0.337 e. The summed E-state index contributed by atoms with van der Waals surface area (Å²) in [4.78, 5) is 12.0. The van der Waals surface area contributed by atoms with Crippen molar-refractivity contribution in [3.63, 3.8) is 0 Å². The number of amides is 2. The molecule has 0 atom stereocenters. The van der Waals surface area contributed by atoms with Gasteiger partial charge in [-0.1, -0.05) is 36.4 Å². The maximum atomic E-state index is 13.0. The largest absolute Gasteiger partial charge is 0.337 e. The van der Waals surface area contributed by atoms with Crippen LogP contribution in [-0.2, 0) is 12.0 Å². The molecule has 0 spiro atoms. The Morgan fingerprint density at radius 3 is 2.43 bits per heavy atom. The molecule has 23 heavy (non-hydrogen) atoms. The summed E-state index contributed by atoms with van der Waals surface area (Å²) in [6.07, 6.45) is 2.05. The van der Waals surface area contributed by atoms with Crippen LogP contribution < -0.4 is 10.6 Å². The lowest BCUT2D eigenvalue weighted by Gasteiger charge is -2.17. The van der Waals surface area contributed by atoms with Gasteiger partial charge in [0.05, 0.1) is 0 Å². The molecule has 0 saturated heterocycles. The number of benzene rings is 2. The topological polar surface area (TPSA) is 41.1 Å². The van der Waals surface area contributed by atoms with E-state index in [1.54, 1.807) is 0 Å². The van der Waals surface area contributed by atoms with Gasteiger partial charge >= 0.3 is 6.03 Å². The van der Waals surface area contributed by atoms with Crippen molar-refractivity contribution in [2.24, 2.45) is 0 Å². The van der Waals surface area contributed by atoms with E-state index < -0.39 is 0 Å². The van der Waals surface area contributed by atoms with E-state index in [1.807, 2.05) is 43.3 Å². The molecule has 3 rings (SSSR count). The Bertz CT molecular complexity index is 693. The third-order valence-corrected chi connectivity index (χ3v) is 4.60. The molecule has 1 aliphatic carbocycles. The maximum absolute atomic E-state index is 13.0. The summed E-state index contributed by atoms with van der Waals surface area (Å²) >= 11 is 0. The van der Waals surface area contributed by atoms with Crippen molar-refractivity contribution in [3.8, 4) is 0 Å². The van der Waals surface area contributed by atoms with Crippen molar-refractivity contribution < 1.29 is 9.18 Å². The summed E-state index contributed by atoms with van der Waals surface area (Å²) in [6.45, 7) is 3.13. The van der Waals surface area contributed by atoms with Crippen molar-refractivity contribution in [2.45, 2.75) is 31.7 Å². The van der Waals surface area contributed by atoms with Gasteiger partial charge in [0.2, 0.25) is 0 Å². The first-order chi connectivity index (χ1) is 11.1. The van der Waals surface area contributed by atoms with Crippen LogP contribution in [0.1, 0.15) is 29.5 Å². The van der Waals surface area contributed by atoms with Gasteiger partial charge < -0.3 is 10.6 Å². The highest BCUT2D eigenvalue weighted by molar-refractivity contribution is 5.74. The molecule has 1 aliphatic rings. The molecule has 0 heterocycles. The van der Waals surface area contributed by atoms with Crippen LogP contribution in [0.5, 0.6) is 0 Å². The van der Waals surface area contributed by atoms with Crippen LogP contribution in [0.3, 0.4) is 0 Å². The lowest BCUT2D eigenvalue weighted by atomic mass is 9.96. The second-order valence-corrected chi connectivity index (χ2v) is 6.25. The van der Waals surface area contributed by atoms with E-state index in [4.69, 9.17) is 0 Å². The molecule has 0 radical (unpaired) electrons. The Labute approximate surface area is 135 Å². The van der Waals surface area contributed by atoms with Gasteiger partial charge in [-0.05, 0) is 48.6 Å². The van der Waals surface area contributed by atoms with Gasteiger partial charge in [0.15, 0.2) is 0 Å². The number of hydrogen-bond donors (Lipinski definition) is 2. The zero-order chi connectivity index (χ0) is 16.3. The molecular weight excluding hydrogens is 291 g/mol. The quantitative estimate of drug-likeness (QED) is 0.869. The third kappa shape index (κ3) is 3.70. The van der Waals surface area contributed by atoms with Crippen molar-refractivity contribution in [1.82, 2.24) is 10.6 Å². The predicted octanol–water partition coefficient (Wildman–Crippen LogP) is 3.67. The third-order valence-electron chi connectivity index (χ3n) is 4.60. The van der Waals surface area contributed by atoms with E-state index in [2.05, 4.69) is 10.6 Å². The monoisotopic (exact) mass is 312 g/mol. The van der Waals surface area contributed by atoms with Crippen molar-refractivity contribution >= 4 is 6.03 Å². The van der Waals surface area contributed by atoms with Crippen LogP contribution in [-0.4, -0.2) is 12.6 Å². The standard InChI is InChI=1S/C19H21FN2O/c1-14-4-2-3-5-15(14)12-21-18(23)22-13-19(10-11-19)16-6-8-17(20)9-7-16/h2-9H,10-13H2,1H3,(H2,21,22,23). The summed E-state index contributed by atoms with van der Waals surface area (Å²) in [7, 11) is 0. The maximum Gasteiger partial charge on any atom is 0.315 e. The van der Waals surface area contributed by atoms with Crippen molar-refractivity contribution in [1.29, 1.82) is 0 Å². The van der Waals surface area contributed by atoms with E-state index in [0.29, 0.717) is 13.1 Å². The average Bonchev–Trinajstić information content (AvgIpc) is 3.34. The number of carbonyl (C=O) groups excluding carboxylic acids is 1. The van der Waals surface area contributed by atoms with Crippen LogP contribution in [0.2, 0.25) is 0 Å². The molecule has 0 aromatic heterocycles. The van der Waals surface area contributed by atoms with Crippen molar-refractivity contribution in [2.75, 3.05) is 6.54 Å². The van der Waals surface area contributed by atoms with Crippen LogP contribution >= 0.6 is 0 Å². The normalized spacial score (nSPS) is 15.0. The summed E-state index contributed by atoms with van der Waals surface area (Å²) in [5.74, 6) is -0.228. The molecule has 2 aromatic carbocycles. The number of carbonyl (C=O) groups is 1. The van der Waals surface area contributed by atoms with Gasteiger partial charge in [0, 0.05) is 18.5 Å². The average molecular weight is 312 g/mol. The Morgan fingerprint density at radius 2 is 1.78 bits per heavy atom. The number of urea groups is 1. The number of hydrogen-bond acceptors (Lipinski definition) is 1. The van der Waals surface area contributed by atoms with Crippen molar-refractivity contribution in [3.05, 3.63) is 71.0 Å². The van der Waals surface area contributed by atoms with E-state index >= 15 is 0 Å². The molecule has 0 aliphatic heterocycles. The van der Waals surface area contributed by atoms with Crippen LogP contribution in [0.25, 0.3) is 0 Å². The van der Waals surface area contributed by atoms with Gasteiger partial charge in [-0.15, -0.1) is 0 Å². The molecule has 3 nitrogen and oxygen atoms in total. The highest BCUT2D eigenvalue weighted by atomic mass is 19.1. The fourth-order valence-electron chi connectivity index (χ4n) is 2.82. The molecule has 2 amide bonds. The molecule has 0 bridgehead atoms. The number of aryl methyl sites for hydroxylation is 1. The lowest BCUT2D eigenvalue weighted by molar-refractivity contribution is 0.239. The minimum atomic E-state index is -0.228. The van der Waals surface area contributed by atoms with Gasteiger partial charge in [0.1, 0.15) is 5.82 Å². The molecule has 120 valence electrons. The molecule has 0 unspecified atom stereocenters. The van der Waals surface area contributed by atoms with Gasteiger partial charge in [-0.3, -0.25) is 0 Å². The SMILES string of the molecule is Cc1ccccc1CNC(=O)NCC1(c2ccc(F)cc2)CC1. The Balaban J connectivity index is 1.51. The first-order valence-corrected chi connectivity index (χ1v) is 7.91. The van der Waals surface area contributed by atoms with E-state index in [0.717, 1.165) is 29.5 Å². The smallest absolute Gasteiger partial charge is 0.315 e. The summed E-state index contributed by atoms with van der Waals surface area (Å²) < 4.78 is 13.0. The zero-order valence-corrected chi connectivity index (χ0v) is 13.2. The zero-order valence-electron chi connectivity index (χ0n) is 13.2. The fourth-order valence-corrected chi connectivity index (χ4v) is 2.82. The molecule has 2 aromatic rings. The lowest BCUT2D eigenvalue weighted by Crippen LogP contribution is -2.39. The highest BCUT2D eigenvalue weighted by Gasteiger charge is 2.44. The van der Waals surface area contributed by atoms with E-state index in [-0.39, 0.29) is 17.3 Å². The molecule has 1 saturated carbocycles. The second-order valence-electron chi connectivity index (χ2n) is 6.25. The molecular formula is C19H21FN2O. The van der Waals surface area contributed by atoms with E-state index in [1.165, 1.54) is 12.1 Å².